The van der Waals surface area contributed by atoms with Crippen molar-refractivity contribution >= 4 is 28.2 Å². The van der Waals surface area contributed by atoms with E-state index in [0.717, 1.165) is 63.3 Å². The van der Waals surface area contributed by atoms with E-state index in [1.54, 1.807) is 0 Å². The summed E-state index contributed by atoms with van der Waals surface area (Å²) in [7, 11) is 0. The Morgan fingerprint density at radius 2 is 1.81 bits per heavy atom. The molecule has 0 unspecified atom stereocenters. The van der Waals surface area contributed by atoms with Gasteiger partial charge in [-0.1, -0.05) is 12.1 Å². The quantitative estimate of drug-likeness (QED) is 0.656. The number of nitrogens with zero attached hydrogens (tertiary/aromatic N) is 2. The average Bonchev–Trinajstić information content (AvgIpc) is 3.31. The van der Waals surface area contributed by atoms with Gasteiger partial charge in [-0.3, -0.25) is 19.4 Å². The summed E-state index contributed by atoms with van der Waals surface area (Å²) in [5.74, 6) is 0.373. The third kappa shape index (κ3) is 5.26. The van der Waals surface area contributed by atoms with Gasteiger partial charge in [0.1, 0.15) is 10.8 Å². The van der Waals surface area contributed by atoms with E-state index in [9.17, 15) is 9.59 Å². The van der Waals surface area contributed by atoms with Crippen LogP contribution < -0.4 is 15.8 Å². The largest absolute Gasteiger partial charge is 0.494 e. The van der Waals surface area contributed by atoms with E-state index >= 15 is 0 Å². The predicted molar refractivity (Wildman–Crippen MR) is 123 cm³/mol. The Bertz CT molecular complexity index is 933. The van der Waals surface area contributed by atoms with E-state index < -0.39 is 5.91 Å². The number of ether oxygens (including phenoxy) is 1. The molecule has 1 saturated heterocycles. The highest BCUT2D eigenvalue weighted by Crippen LogP contribution is 2.38. The molecule has 1 aliphatic heterocycles. The smallest absolute Gasteiger partial charge is 0.251 e. The van der Waals surface area contributed by atoms with E-state index in [1.807, 2.05) is 19.1 Å². The van der Waals surface area contributed by atoms with E-state index in [4.69, 9.17) is 10.5 Å². The number of benzene rings is 1. The lowest BCUT2D eigenvalue weighted by Gasteiger charge is -2.34. The second kappa shape index (κ2) is 9.80. The summed E-state index contributed by atoms with van der Waals surface area (Å²) in [6, 6.07) is 8.25. The minimum Gasteiger partial charge on any atom is -0.494 e. The highest BCUT2D eigenvalue weighted by Gasteiger charge is 2.27. The normalized spacial score (nSPS) is 16.8. The van der Waals surface area contributed by atoms with Gasteiger partial charge >= 0.3 is 0 Å². The van der Waals surface area contributed by atoms with Gasteiger partial charge in [-0.2, -0.15) is 0 Å². The van der Waals surface area contributed by atoms with Gasteiger partial charge in [0, 0.05) is 37.6 Å². The van der Waals surface area contributed by atoms with Gasteiger partial charge in [0.25, 0.3) is 5.91 Å². The monoisotopic (exact) mass is 442 g/mol. The zero-order chi connectivity index (χ0) is 21.8. The number of aryl methyl sites for hydroxylation is 1. The number of hydrogen-bond donors (Lipinski definition) is 2. The van der Waals surface area contributed by atoms with Crippen LogP contribution in [-0.4, -0.2) is 60.9 Å². The maximum absolute atomic E-state index is 12.6. The molecule has 0 bridgehead atoms. The molecule has 1 aromatic heterocycles. The minimum absolute atomic E-state index is 0.0811. The molecule has 2 aromatic rings. The SMILES string of the molecule is CCOc1ccc(CN2CCN(CC(=O)Nc3sc4c(c3C(N)=O)CCC4)CC2)cc1. The lowest BCUT2D eigenvalue weighted by atomic mass is 10.1. The number of amides is 2. The molecule has 1 aliphatic carbocycles. The number of fused-ring (bicyclic) bond motifs is 1. The number of nitrogens with one attached hydrogen (secondary N) is 1. The van der Waals surface area contributed by atoms with Crippen LogP contribution in [0.1, 0.15) is 39.7 Å². The van der Waals surface area contributed by atoms with Crippen molar-refractivity contribution in [2.24, 2.45) is 5.73 Å². The van der Waals surface area contributed by atoms with Crippen LogP contribution >= 0.6 is 11.3 Å². The van der Waals surface area contributed by atoms with Crippen LogP contribution in [0.2, 0.25) is 0 Å². The zero-order valence-electron chi connectivity index (χ0n) is 18.0. The Kier molecular flexibility index (Phi) is 6.89. The lowest BCUT2D eigenvalue weighted by molar-refractivity contribution is -0.117. The summed E-state index contributed by atoms with van der Waals surface area (Å²) in [6.45, 7) is 7.40. The molecule has 3 N–H and O–H groups in total. The number of carbonyl (C=O) groups is 2. The zero-order valence-corrected chi connectivity index (χ0v) is 18.8. The molecule has 2 aliphatic rings. The third-order valence-electron chi connectivity index (χ3n) is 5.89. The molecule has 0 radical (unpaired) electrons. The van der Waals surface area contributed by atoms with Gasteiger partial charge in [-0.05, 0) is 49.4 Å². The summed E-state index contributed by atoms with van der Waals surface area (Å²) in [4.78, 5) is 30.3. The molecule has 4 rings (SSSR count). The molecule has 166 valence electrons. The van der Waals surface area contributed by atoms with E-state index in [1.165, 1.54) is 21.8 Å². The van der Waals surface area contributed by atoms with Crippen molar-refractivity contribution in [3.8, 4) is 5.75 Å². The van der Waals surface area contributed by atoms with Crippen molar-refractivity contribution in [1.82, 2.24) is 9.80 Å². The molecule has 1 aromatic carbocycles. The fourth-order valence-corrected chi connectivity index (χ4v) is 5.65. The minimum atomic E-state index is -0.447. The molecule has 0 atom stereocenters. The molecule has 1 fully saturated rings. The Morgan fingerprint density at radius 1 is 1.10 bits per heavy atom. The Balaban J connectivity index is 1.25. The second-order valence-corrected chi connectivity index (χ2v) is 9.21. The van der Waals surface area contributed by atoms with Crippen molar-refractivity contribution in [1.29, 1.82) is 0 Å². The first kappa shape index (κ1) is 21.8. The topological polar surface area (TPSA) is 87.9 Å². The Morgan fingerprint density at radius 3 is 2.48 bits per heavy atom. The average molecular weight is 443 g/mol. The highest BCUT2D eigenvalue weighted by molar-refractivity contribution is 7.17. The van der Waals surface area contributed by atoms with Gasteiger partial charge in [0.15, 0.2) is 0 Å². The highest BCUT2D eigenvalue weighted by atomic mass is 32.1. The number of anilines is 1. The van der Waals surface area contributed by atoms with Gasteiger partial charge in [0.2, 0.25) is 5.91 Å². The van der Waals surface area contributed by atoms with E-state index in [0.29, 0.717) is 23.7 Å². The van der Waals surface area contributed by atoms with Crippen molar-refractivity contribution < 1.29 is 14.3 Å². The van der Waals surface area contributed by atoms with Crippen LogP contribution in [0.4, 0.5) is 5.00 Å². The first-order chi connectivity index (χ1) is 15.0. The predicted octanol–water partition coefficient (Wildman–Crippen LogP) is 2.49. The first-order valence-corrected chi connectivity index (χ1v) is 11.8. The fourth-order valence-electron chi connectivity index (χ4n) is 4.34. The van der Waals surface area contributed by atoms with Crippen LogP contribution in [0.3, 0.4) is 0 Å². The van der Waals surface area contributed by atoms with Crippen LogP contribution in [-0.2, 0) is 24.2 Å². The van der Waals surface area contributed by atoms with E-state index in [2.05, 4.69) is 27.2 Å². The molecule has 7 nitrogen and oxygen atoms in total. The molecule has 0 saturated carbocycles. The Labute approximate surface area is 187 Å². The maximum atomic E-state index is 12.6. The molecule has 31 heavy (non-hydrogen) atoms. The molecule has 2 amide bonds. The molecular formula is C23H30N4O3S. The number of nitrogens with two attached hydrogens (primary N) is 1. The van der Waals surface area contributed by atoms with Crippen molar-refractivity contribution in [2.75, 3.05) is 44.6 Å². The lowest BCUT2D eigenvalue weighted by Crippen LogP contribution is -2.48. The van der Waals surface area contributed by atoms with Gasteiger partial charge in [0.05, 0.1) is 18.7 Å². The van der Waals surface area contributed by atoms with Crippen LogP contribution in [0.5, 0.6) is 5.75 Å². The summed E-state index contributed by atoms with van der Waals surface area (Å²) in [5.41, 5.74) is 8.41. The standard InChI is InChI=1S/C23H30N4O3S/c1-2-30-17-8-6-16(7-9-17)14-26-10-12-27(13-11-26)15-20(28)25-23-21(22(24)29)18-4-3-5-19(18)31-23/h6-9H,2-5,10-15H2,1H3,(H2,24,29)(H,25,28). The summed E-state index contributed by atoms with van der Waals surface area (Å²) >= 11 is 1.50. The third-order valence-corrected chi connectivity index (χ3v) is 7.10. The van der Waals surface area contributed by atoms with Crippen molar-refractivity contribution in [3.05, 3.63) is 45.8 Å². The number of carbonyl (C=O) groups excluding carboxylic acids is 2. The second-order valence-electron chi connectivity index (χ2n) is 8.10. The van der Waals surface area contributed by atoms with Gasteiger partial charge in [-0.25, -0.2) is 0 Å². The van der Waals surface area contributed by atoms with E-state index in [-0.39, 0.29) is 5.91 Å². The molecule has 0 spiro atoms. The molecule has 8 heteroatoms. The number of rotatable bonds is 8. The van der Waals surface area contributed by atoms with Crippen LogP contribution in [0.25, 0.3) is 0 Å². The summed E-state index contributed by atoms with van der Waals surface area (Å²) < 4.78 is 5.50. The maximum Gasteiger partial charge on any atom is 0.251 e. The Hall–Kier alpha value is -2.42. The summed E-state index contributed by atoms with van der Waals surface area (Å²) in [5, 5.41) is 3.57. The molecular weight excluding hydrogens is 412 g/mol. The van der Waals surface area contributed by atoms with Crippen molar-refractivity contribution in [3.63, 3.8) is 0 Å². The number of primary amides is 1. The first-order valence-electron chi connectivity index (χ1n) is 10.9. The van der Waals surface area contributed by atoms with Crippen LogP contribution in [0, 0.1) is 0 Å². The number of piperazine rings is 1. The number of thiophene rings is 1. The fraction of sp³-hybridized carbons (Fsp3) is 0.478. The number of hydrogen-bond acceptors (Lipinski definition) is 6. The summed E-state index contributed by atoms with van der Waals surface area (Å²) in [6.07, 6.45) is 2.89. The van der Waals surface area contributed by atoms with Gasteiger partial charge in [-0.15, -0.1) is 11.3 Å². The molecule has 2 heterocycles. The van der Waals surface area contributed by atoms with Crippen molar-refractivity contribution in [2.45, 2.75) is 32.7 Å². The van der Waals surface area contributed by atoms with Gasteiger partial charge < -0.3 is 15.8 Å². The van der Waals surface area contributed by atoms with Crippen LogP contribution in [0.15, 0.2) is 24.3 Å².